The molecule has 2 N–H and O–H groups in total. The summed E-state index contributed by atoms with van der Waals surface area (Å²) in [6.45, 7) is 10.0. The van der Waals surface area contributed by atoms with Crippen molar-refractivity contribution in [3.05, 3.63) is 29.3 Å². The van der Waals surface area contributed by atoms with Gasteiger partial charge < -0.3 is 15.3 Å². The van der Waals surface area contributed by atoms with Crippen LogP contribution in [0.1, 0.15) is 37.8 Å². The second-order valence-electron chi connectivity index (χ2n) is 6.26. The highest BCUT2D eigenvalue weighted by molar-refractivity contribution is 5.51. The molecule has 0 aromatic heterocycles. The van der Waals surface area contributed by atoms with E-state index in [0.717, 1.165) is 26.1 Å². The molecule has 0 aliphatic carbocycles. The van der Waals surface area contributed by atoms with Crippen molar-refractivity contribution in [3.8, 4) is 0 Å². The van der Waals surface area contributed by atoms with Crippen LogP contribution in [0.15, 0.2) is 18.2 Å². The molecule has 3 heteroatoms. The standard InChI is InChI=1S/C17H28N2O/c1-13(2)18-11-16-4-5-17(10-14(16)3)19-8-6-15(12-19)7-9-20/h4-5,10,13,15,18,20H,6-9,11-12H2,1-3H3. The summed E-state index contributed by atoms with van der Waals surface area (Å²) in [7, 11) is 0. The minimum absolute atomic E-state index is 0.317. The zero-order valence-electron chi connectivity index (χ0n) is 13.0. The van der Waals surface area contributed by atoms with E-state index in [4.69, 9.17) is 5.11 Å². The third kappa shape index (κ3) is 3.97. The van der Waals surface area contributed by atoms with Crippen LogP contribution < -0.4 is 10.2 Å². The van der Waals surface area contributed by atoms with Gasteiger partial charge in [-0.3, -0.25) is 0 Å². The number of rotatable bonds is 6. The number of nitrogens with one attached hydrogen (secondary N) is 1. The van der Waals surface area contributed by atoms with Crippen LogP contribution in [-0.2, 0) is 6.54 Å². The SMILES string of the molecule is Cc1cc(N2CCC(CCO)C2)ccc1CNC(C)C. The molecule has 2 rings (SSSR count). The van der Waals surface area contributed by atoms with E-state index in [-0.39, 0.29) is 0 Å². The molecule has 1 atom stereocenters. The van der Waals surface area contributed by atoms with Gasteiger partial charge in [0, 0.05) is 38.0 Å². The van der Waals surface area contributed by atoms with Crippen LogP contribution in [0.4, 0.5) is 5.69 Å². The van der Waals surface area contributed by atoms with Gasteiger partial charge >= 0.3 is 0 Å². The van der Waals surface area contributed by atoms with E-state index in [9.17, 15) is 0 Å². The van der Waals surface area contributed by atoms with E-state index in [2.05, 4.69) is 49.2 Å². The second-order valence-corrected chi connectivity index (χ2v) is 6.26. The summed E-state index contributed by atoms with van der Waals surface area (Å²) in [6, 6.07) is 7.32. The lowest BCUT2D eigenvalue weighted by molar-refractivity contribution is 0.263. The molecule has 1 fully saturated rings. The zero-order valence-corrected chi connectivity index (χ0v) is 13.0. The van der Waals surface area contributed by atoms with Crippen LogP contribution in [0.2, 0.25) is 0 Å². The molecule has 0 radical (unpaired) electrons. The molecule has 1 saturated heterocycles. The van der Waals surface area contributed by atoms with E-state index in [0.29, 0.717) is 18.6 Å². The Labute approximate surface area is 123 Å². The van der Waals surface area contributed by atoms with Crippen LogP contribution in [0.25, 0.3) is 0 Å². The molecular weight excluding hydrogens is 248 g/mol. The quantitative estimate of drug-likeness (QED) is 0.838. The maximum Gasteiger partial charge on any atom is 0.0434 e. The predicted octanol–water partition coefficient (Wildman–Crippen LogP) is 2.70. The van der Waals surface area contributed by atoms with E-state index in [1.54, 1.807) is 0 Å². The first kappa shape index (κ1) is 15.3. The Morgan fingerprint density at radius 1 is 1.40 bits per heavy atom. The monoisotopic (exact) mass is 276 g/mol. The molecule has 1 aliphatic rings. The number of nitrogens with zero attached hydrogens (tertiary/aromatic N) is 1. The Balaban J connectivity index is 1.98. The largest absolute Gasteiger partial charge is 0.396 e. The Morgan fingerprint density at radius 3 is 2.85 bits per heavy atom. The molecule has 0 spiro atoms. The van der Waals surface area contributed by atoms with Crippen molar-refractivity contribution in [1.82, 2.24) is 5.32 Å². The topological polar surface area (TPSA) is 35.5 Å². The first-order valence-electron chi connectivity index (χ1n) is 7.79. The van der Waals surface area contributed by atoms with Crippen molar-refractivity contribution in [2.75, 3.05) is 24.6 Å². The molecular formula is C17H28N2O. The smallest absolute Gasteiger partial charge is 0.0434 e. The Hall–Kier alpha value is -1.06. The summed E-state index contributed by atoms with van der Waals surface area (Å²) in [4.78, 5) is 2.45. The summed E-state index contributed by atoms with van der Waals surface area (Å²) >= 11 is 0. The number of benzene rings is 1. The van der Waals surface area contributed by atoms with Crippen molar-refractivity contribution < 1.29 is 5.11 Å². The Morgan fingerprint density at radius 2 is 2.20 bits per heavy atom. The maximum atomic E-state index is 9.04. The lowest BCUT2D eigenvalue weighted by Gasteiger charge is -2.20. The maximum absolute atomic E-state index is 9.04. The lowest BCUT2D eigenvalue weighted by atomic mass is 10.1. The highest BCUT2D eigenvalue weighted by Crippen LogP contribution is 2.27. The van der Waals surface area contributed by atoms with E-state index in [1.807, 2.05) is 0 Å². The van der Waals surface area contributed by atoms with Crippen LogP contribution in [0, 0.1) is 12.8 Å². The van der Waals surface area contributed by atoms with Gasteiger partial charge in [0.05, 0.1) is 0 Å². The summed E-state index contributed by atoms with van der Waals surface area (Å²) in [5.74, 6) is 0.655. The molecule has 0 saturated carbocycles. The van der Waals surface area contributed by atoms with Gasteiger partial charge in [-0.25, -0.2) is 0 Å². The van der Waals surface area contributed by atoms with E-state index < -0.39 is 0 Å². The molecule has 1 aliphatic heterocycles. The van der Waals surface area contributed by atoms with Gasteiger partial charge in [0.2, 0.25) is 0 Å². The number of hydrogen-bond acceptors (Lipinski definition) is 3. The third-order valence-corrected chi connectivity index (χ3v) is 4.22. The molecule has 1 unspecified atom stereocenters. The minimum atomic E-state index is 0.317. The van der Waals surface area contributed by atoms with Crippen LogP contribution >= 0.6 is 0 Å². The average molecular weight is 276 g/mol. The van der Waals surface area contributed by atoms with Gasteiger partial charge in [-0.05, 0) is 48.9 Å². The van der Waals surface area contributed by atoms with Crippen molar-refractivity contribution in [1.29, 1.82) is 0 Å². The fraction of sp³-hybridized carbons (Fsp3) is 0.647. The van der Waals surface area contributed by atoms with Gasteiger partial charge in [0.25, 0.3) is 0 Å². The first-order valence-corrected chi connectivity index (χ1v) is 7.79. The summed E-state index contributed by atoms with van der Waals surface area (Å²) < 4.78 is 0. The van der Waals surface area contributed by atoms with E-state index in [1.165, 1.54) is 23.2 Å². The van der Waals surface area contributed by atoms with Crippen molar-refractivity contribution in [3.63, 3.8) is 0 Å². The molecule has 1 aromatic rings. The summed E-state index contributed by atoms with van der Waals surface area (Å²) in [5.41, 5.74) is 4.08. The number of hydrogen-bond donors (Lipinski definition) is 2. The molecule has 0 bridgehead atoms. The molecule has 20 heavy (non-hydrogen) atoms. The molecule has 0 amide bonds. The third-order valence-electron chi connectivity index (χ3n) is 4.22. The molecule has 112 valence electrons. The summed E-state index contributed by atoms with van der Waals surface area (Å²) in [6.07, 6.45) is 2.14. The van der Waals surface area contributed by atoms with Gasteiger partial charge in [-0.2, -0.15) is 0 Å². The normalized spacial score (nSPS) is 19.1. The van der Waals surface area contributed by atoms with Crippen molar-refractivity contribution >= 4 is 5.69 Å². The molecule has 1 heterocycles. The van der Waals surface area contributed by atoms with Crippen LogP contribution in [-0.4, -0.2) is 30.8 Å². The van der Waals surface area contributed by atoms with E-state index >= 15 is 0 Å². The van der Waals surface area contributed by atoms with Gasteiger partial charge in [0.15, 0.2) is 0 Å². The summed E-state index contributed by atoms with van der Waals surface area (Å²) in [5, 5.41) is 12.5. The lowest BCUT2D eigenvalue weighted by Crippen LogP contribution is -2.23. The highest BCUT2D eigenvalue weighted by atomic mass is 16.3. The number of aliphatic hydroxyl groups excluding tert-OH is 1. The minimum Gasteiger partial charge on any atom is -0.396 e. The first-order chi connectivity index (χ1) is 9.60. The average Bonchev–Trinajstić information content (AvgIpc) is 2.86. The number of aliphatic hydroxyl groups is 1. The molecule has 3 nitrogen and oxygen atoms in total. The van der Waals surface area contributed by atoms with Gasteiger partial charge in [0.1, 0.15) is 0 Å². The van der Waals surface area contributed by atoms with Crippen molar-refractivity contribution in [2.45, 2.75) is 46.2 Å². The fourth-order valence-corrected chi connectivity index (χ4v) is 2.87. The van der Waals surface area contributed by atoms with Crippen molar-refractivity contribution in [2.24, 2.45) is 5.92 Å². The zero-order chi connectivity index (χ0) is 14.5. The number of aryl methyl sites for hydroxylation is 1. The fourth-order valence-electron chi connectivity index (χ4n) is 2.87. The predicted molar refractivity (Wildman–Crippen MR) is 85.2 cm³/mol. The second kappa shape index (κ2) is 7.09. The number of anilines is 1. The van der Waals surface area contributed by atoms with Gasteiger partial charge in [-0.15, -0.1) is 0 Å². The Bertz CT molecular complexity index is 431. The van der Waals surface area contributed by atoms with Gasteiger partial charge in [-0.1, -0.05) is 19.9 Å². The highest BCUT2D eigenvalue weighted by Gasteiger charge is 2.22. The van der Waals surface area contributed by atoms with Crippen LogP contribution in [0.5, 0.6) is 0 Å². The van der Waals surface area contributed by atoms with Crippen LogP contribution in [0.3, 0.4) is 0 Å². The Kier molecular flexibility index (Phi) is 5.44. The molecule has 1 aromatic carbocycles.